The molecule has 1 amide bonds. The van der Waals surface area contributed by atoms with Crippen molar-refractivity contribution < 1.29 is 9.32 Å². The summed E-state index contributed by atoms with van der Waals surface area (Å²) in [4.78, 5) is 22.3. The number of nitrogens with one attached hydrogen (secondary N) is 1. The van der Waals surface area contributed by atoms with E-state index in [0.717, 1.165) is 29.4 Å². The van der Waals surface area contributed by atoms with Gasteiger partial charge in [0.2, 0.25) is 11.8 Å². The summed E-state index contributed by atoms with van der Waals surface area (Å²) in [6.07, 6.45) is 3.87. The first kappa shape index (κ1) is 18.6. The van der Waals surface area contributed by atoms with Gasteiger partial charge in [-0.2, -0.15) is 4.98 Å². The zero-order valence-electron chi connectivity index (χ0n) is 17.0. The third-order valence-corrected chi connectivity index (χ3v) is 5.83. The number of H-pyrrole nitrogens is 1. The number of fused-ring (bicyclic) bond motifs is 1. The molecule has 1 aliphatic rings. The molecule has 1 N–H and O–H groups in total. The standard InChI is InChI=1S/C24H24N4O2/c1-16-5-4-6-17(11-16)9-10-28-15-19(13-23(28)29)24-26-22(30-27-24)12-18-14-25-21-8-3-2-7-20(18)21/h2-8,11,14,19,25H,9-10,12-13,15H2,1H3. The van der Waals surface area contributed by atoms with Crippen LogP contribution in [0.15, 0.2) is 59.3 Å². The van der Waals surface area contributed by atoms with E-state index in [1.807, 2.05) is 29.3 Å². The Morgan fingerprint density at radius 1 is 1.20 bits per heavy atom. The molecule has 3 heterocycles. The molecule has 5 rings (SSSR count). The number of amides is 1. The van der Waals surface area contributed by atoms with Crippen LogP contribution in [0.4, 0.5) is 0 Å². The molecular weight excluding hydrogens is 376 g/mol. The number of hydrogen-bond acceptors (Lipinski definition) is 4. The highest BCUT2D eigenvalue weighted by atomic mass is 16.5. The van der Waals surface area contributed by atoms with Crippen molar-refractivity contribution in [2.24, 2.45) is 0 Å². The topological polar surface area (TPSA) is 75.0 Å². The van der Waals surface area contributed by atoms with Crippen molar-refractivity contribution in [2.75, 3.05) is 13.1 Å². The molecule has 0 bridgehead atoms. The largest absolute Gasteiger partial charge is 0.361 e. The SMILES string of the molecule is Cc1cccc(CCN2CC(c3noc(Cc4c[nH]c5ccccc45)n3)CC2=O)c1. The first-order chi connectivity index (χ1) is 14.7. The third kappa shape index (κ3) is 3.73. The zero-order chi connectivity index (χ0) is 20.5. The lowest BCUT2D eigenvalue weighted by Crippen LogP contribution is -2.27. The van der Waals surface area contributed by atoms with Crippen molar-refractivity contribution in [3.05, 3.63) is 83.1 Å². The summed E-state index contributed by atoms with van der Waals surface area (Å²) >= 11 is 0. The van der Waals surface area contributed by atoms with Crippen LogP contribution in [-0.2, 0) is 17.6 Å². The van der Waals surface area contributed by atoms with Gasteiger partial charge in [-0.3, -0.25) is 4.79 Å². The Balaban J connectivity index is 1.23. The van der Waals surface area contributed by atoms with Gasteiger partial charge in [0.05, 0.1) is 6.42 Å². The number of para-hydroxylation sites is 1. The van der Waals surface area contributed by atoms with E-state index in [1.54, 1.807) is 0 Å². The lowest BCUT2D eigenvalue weighted by molar-refractivity contribution is -0.127. The minimum atomic E-state index is -0.00419. The van der Waals surface area contributed by atoms with Crippen LogP contribution < -0.4 is 0 Å². The van der Waals surface area contributed by atoms with Crippen molar-refractivity contribution in [3.63, 3.8) is 0 Å². The summed E-state index contributed by atoms with van der Waals surface area (Å²) in [5.41, 5.74) is 4.72. The van der Waals surface area contributed by atoms with Gasteiger partial charge in [-0.05, 0) is 30.5 Å². The molecule has 6 heteroatoms. The molecule has 0 aliphatic carbocycles. The smallest absolute Gasteiger partial charge is 0.231 e. The molecule has 1 fully saturated rings. The number of aromatic nitrogens is 3. The Kier molecular flexibility index (Phi) is 4.83. The molecular formula is C24H24N4O2. The number of aromatic amines is 1. The monoisotopic (exact) mass is 400 g/mol. The lowest BCUT2D eigenvalue weighted by Gasteiger charge is -2.16. The average molecular weight is 400 g/mol. The van der Waals surface area contributed by atoms with Crippen LogP contribution >= 0.6 is 0 Å². The number of aryl methyl sites for hydroxylation is 1. The van der Waals surface area contributed by atoms with Gasteiger partial charge in [-0.1, -0.05) is 53.2 Å². The van der Waals surface area contributed by atoms with Crippen LogP contribution in [0.25, 0.3) is 10.9 Å². The fourth-order valence-corrected chi connectivity index (χ4v) is 4.24. The van der Waals surface area contributed by atoms with E-state index in [2.05, 4.69) is 52.4 Å². The second-order valence-electron chi connectivity index (χ2n) is 8.06. The third-order valence-electron chi connectivity index (χ3n) is 5.83. The van der Waals surface area contributed by atoms with E-state index in [4.69, 9.17) is 4.52 Å². The number of rotatable bonds is 6. The predicted molar refractivity (Wildman–Crippen MR) is 114 cm³/mol. The molecule has 2 aromatic heterocycles. The lowest BCUT2D eigenvalue weighted by atomic mass is 10.1. The number of benzene rings is 2. The van der Waals surface area contributed by atoms with Crippen molar-refractivity contribution in [2.45, 2.75) is 32.1 Å². The van der Waals surface area contributed by atoms with Crippen molar-refractivity contribution in [1.82, 2.24) is 20.0 Å². The molecule has 0 radical (unpaired) electrons. The van der Waals surface area contributed by atoms with Crippen LogP contribution in [0, 0.1) is 6.92 Å². The van der Waals surface area contributed by atoms with Crippen molar-refractivity contribution in [3.8, 4) is 0 Å². The Morgan fingerprint density at radius 3 is 3.00 bits per heavy atom. The quantitative estimate of drug-likeness (QED) is 0.531. The van der Waals surface area contributed by atoms with E-state index < -0.39 is 0 Å². The highest BCUT2D eigenvalue weighted by Gasteiger charge is 2.33. The summed E-state index contributed by atoms with van der Waals surface area (Å²) in [7, 11) is 0. The number of carbonyl (C=O) groups excluding carboxylic acids is 1. The Hall–Kier alpha value is -3.41. The molecule has 30 heavy (non-hydrogen) atoms. The maximum atomic E-state index is 12.5. The number of carbonyl (C=O) groups is 1. The van der Waals surface area contributed by atoms with Gasteiger partial charge in [0.15, 0.2) is 5.82 Å². The molecule has 152 valence electrons. The molecule has 1 saturated heterocycles. The summed E-state index contributed by atoms with van der Waals surface area (Å²) in [5, 5.41) is 5.34. The van der Waals surface area contributed by atoms with E-state index in [1.165, 1.54) is 11.1 Å². The van der Waals surface area contributed by atoms with Gasteiger partial charge in [0, 0.05) is 42.5 Å². The van der Waals surface area contributed by atoms with Crippen LogP contribution in [0.1, 0.15) is 40.7 Å². The molecule has 6 nitrogen and oxygen atoms in total. The van der Waals surface area contributed by atoms with Gasteiger partial charge >= 0.3 is 0 Å². The Bertz CT molecular complexity index is 1190. The number of nitrogens with zero attached hydrogens (tertiary/aromatic N) is 3. The van der Waals surface area contributed by atoms with Crippen LogP contribution in [0.2, 0.25) is 0 Å². The molecule has 1 atom stereocenters. The predicted octanol–water partition coefficient (Wildman–Crippen LogP) is 4.01. The van der Waals surface area contributed by atoms with Gasteiger partial charge in [0.25, 0.3) is 0 Å². The summed E-state index contributed by atoms with van der Waals surface area (Å²) in [5.74, 6) is 1.38. The fraction of sp³-hybridized carbons (Fsp3) is 0.292. The highest BCUT2D eigenvalue weighted by Crippen LogP contribution is 2.27. The van der Waals surface area contributed by atoms with E-state index in [-0.39, 0.29) is 11.8 Å². The van der Waals surface area contributed by atoms with Gasteiger partial charge in [-0.25, -0.2) is 0 Å². The average Bonchev–Trinajstić information content (AvgIpc) is 3.46. The summed E-state index contributed by atoms with van der Waals surface area (Å²) < 4.78 is 5.51. The second kappa shape index (κ2) is 7.78. The van der Waals surface area contributed by atoms with E-state index in [0.29, 0.717) is 31.1 Å². The van der Waals surface area contributed by atoms with Crippen LogP contribution in [0.3, 0.4) is 0 Å². The molecule has 0 spiro atoms. The molecule has 0 saturated carbocycles. The van der Waals surface area contributed by atoms with Gasteiger partial charge < -0.3 is 14.4 Å². The van der Waals surface area contributed by atoms with Gasteiger partial charge in [-0.15, -0.1) is 0 Å². The maximum Gasteiger partial charge on any atom is 0.231 e. The van der Waals surface area contributed by atoms with Crippen LogP contribution in [-0.4, -0.2) is 39.0 Å². The maximum absolute atomic E-state index is 12.5. The molecule has 4 aromatic rings. The zero-order valence-corrected chi connectivity index (χ0v) is 17.0. The number of likely N-dealkylation sites (tertiary alicyclic amines) is 1. The number of hydrogen-bond donors (Lipinski definition) is 1. The van der Waals surface area contributed by atoms with Gasteiger partial charge in [0.1, 0.15) is 0 Å². The first-order valence-corrected chi connectivity index (χ1v) is 10.4. The molecule has 2 aromatic carbocycles. The summed E-state index contributed by atoms with van der Waals surface area (Å²) in [6.45, 7) is 3.46. The van der Waals surface area contributed by atoms with Crippen molar-refractivity contribution in [1.29, 1.82) is 0 Å². The Labute approximate surface area is 174 Å². The minimum absolute atomic E-state index is 0.00419. The first-order valence-electron chi connectivity index (χ1n) is 10.4. The highest BCUT2D eigenvalue weighted by molar-refractivity contribution is 5.83. The second-order valence-corrected chi connectivity index (χ2v) is 8.06. The Morgan fingerprint density at radius 2 is 2.10 bits per heavy atom. The van der Waals surface area contributed by atoms with E-state index in [9.17, 15) is 4.79 Å². The molecule has 1 unspecified atom stereocenters. The fourth-order valence-electron chi connectivity index (χ4n) is 4.24. The van der Waals surface area contributed by atoms with Crippen molar-refractivity contribution >= 4 is 16.8 Å². The normalized spacial score (nSPS) is 16.6. The van der Waals surface area contributed by atoms with E-state index >= 15 is 0 Å². The summed E-state index contributed by atoms with van der Waals surface area (Å²) in [6, 6.07) is 16.6. The minimum Gasteiger partial charge on any atom is -0.361 e. The van der Waals surface area contributed by atoms with Crippen LogP contribution in [0.5, 0.6) is 0 Å². The molecule has 1 aliphatic heterocycles.